The maximum Gasteiger partial charge on any atom is 0.302 e. The molecule has 1 saturated heterocycles. The predicted molar refractivity (Wildman–Crippen MR) is 103 cm³/mol. The topological polar surface area (TPSA) is 47.6 Å². The molecule has 1 aromatic carbocycles. The molecule has 2 unspecified atom stereocenters. The van der Waals surface area contributed by atoms with E-state index in [1.54, 1.807) is 0 Å². The Bertz CT molecular complexity index is 593. The van der Waals surface area contributed by atoms with E-state index in [1.807, 2.05) is 0 Å². The number of aryl methyl sites for hydroxylation is 1. The third-order valence-electron chi connectivity index (χ3n) is 5.90. The quantitative estimate of drug-likeness (QED) is 0.778. The first-order valence-corrected chi connectivity index (χ1v) is 10.0. The summed E-state index contributed by atoms with van der Waals surface area (Å²) in [4.78, 5) is 11.2. The Kier molecular flexibility index (Phi) is 6.03. The van der Waals surface area contributed by atoms with Crippen LogP contribution in [-0.4, -0.2) is 30.4 Å². The third kappa shape index (κ3) is 4.86. The number of hydrogen-bond donors (Lipinski definition) is 1. The molecule has 0 amide bonds. The number of rotatable bonds is 6. The molecule has 1 spiro atoms. The summed E-state index contributed by atoms with van der Waals surface area (Å²) in [6.45, 7) is 7.26. The first-order valence-electron chi connectivity index (χ1n) is 10.0. The van der Waals surface area contributed by atoms with E-state index in [9.17, 15) is 4.79 Å². The highest BCUT2D eigenvalue weighted by Gasteiger charge is 2.50. The van der Waals surface area contributed by atoms with Crippen LogP contribution in [0.25, 0.3) is 0 Å². The number of ether oxygens (including phenoxy) is 2. The molecule has 0 aromatic heterocycles. The van der Waals surface area contributed by atoms with Gasteiger partial charge in [0.2, 0.25) is 0 Å². The highest BCUT2D eigenvalue weighted by Crippen LogP contribution is 2.43. The molecule has 4 heteroatoms. The van der Waals surface area contributed by atoms with E-state index < -0.39 is 0 Å². The summed E-state index contributed by atoms with van der Waals surface area (Å²) in [5.41, 5.74) is 1.01. The van der Waals surface area contributed by atoms with Crippen molar-refractivity contribution >= 4 is 5.97 Å². The Balaban J connectivity index is 1.70. The summed E-state index contributed by atoms with van der Waals surface area (Å²) in [6, 6.07) is 10.6. The summed E-state index contributed by atoms with van der Waals surface area (Å²) in [7, 11) is 0. The lowest BCUT2D eigenvalue weighted by atomic mass is 9.77. The fourth-order valence-electron chi connectivity index (χ4n) is 4.93. The van der Waals surface area contributed by atoms with Gasteiger partial charge in [0.25, 0.3) is 0 Å². The SMILES string of the molecule is CC(=O)OCCC1(CCc2ccccc2)COC2(C[C@H](C)C[C@H](C)C2)N1. The van der Waals surface area contributed by atoms with Gasteiger partial charge < -0.3 is 9.47 Å². The highest BCUT2D eigenvalue weighted by molar-refractivity contribution is 5.65. The summed E-state index contributed by atoms with van der Waals surface area (Å²) in [5, 5.41) is 3.91. The summed E-state index contributed by atoms with van der Waals surface area (Å²) >= 11 is 0. The molecule has 1 aliphatic carbocycles. The van der Waals surface area contributed by atoms with Crippen LogP contribution in [0.2, 0.25) is 0 Å². The molecule has 4 nitrogen and oxygen atoms in total. The van der Waals surface area contributed by atoms with Gasteiger partial charge in [0.1, 0.15) is 5.72 Å². The van der Waals surface area contributed by atoms with Crippen LogP contribution in [0.5, 0.6) is 0 Å². The fraction of sp³-hybridized carbons (Fsp3) is 0.682. The van der Waals surface area contributed by atoms with E-state index in [-0.39, 0.29) is 17.2 Å². The zero-order valence-electron chi connectivity index (χ0n) is 16.4. The molecular formula is C22H33NO3. The number of nitrogens with one attached hydrogen (secondary N) is 1. The zero-order chi connectivity index (χ0) is 18.6. The van der Waals surface area contributed by atoms with Gasteiger partial charge >= 0.3 is 5.97 Å². The lowest BCUT2D eigenvalue weighted by Crippen LogP contribution is -2.55. The summed E-state index contributed by atoms with van der Waals surface area (Å²) in [6.07, 6.45) is 6.19. The minimum atomic E-state index is -0.211. The molecule has 3 rings (SSSR count). The normalized spacial score (nSPS) is 34.1. The number of benzene rings is 1. The van der Waals surface area contributed by atoms with Gasteiger partial charge in [-0.3, -0.25) is 10.1 Å². The van der Waals surface area contributed by atoms with E-state index in [1.165, 1.54) is 18.9 Å². The summed E-state index contributed by atoms with van der Waals surface area (Å²) in [5.74, 6) is 1.13. The van der Waals surface area contributed by atoms with Gasteiger partial charge in [0, 0.05) is 18.9 Å². The number of esters is 1. The third-order valence-corrected chi connectivity index (χ3v) is 5.90. The van der Waals surface area contributed by atoms with Crippen LogP contribution in [0.1, 0.15) is 58.4 Å². The average Bonchev–Trinajstić information content (AvgIpc) is 2.91. The molecule has 0 bridgehead atoms. The Morgan fingerprint density at radius 3 is 2.54 bits per heavy atom. The van der Waals surface area contributed by atoms with Gasteiger partial charge in [-0.15, -0.1) is 0 Å². The first-order chi connectivity index (χ1) is 12.4. The Hall–Kier alpha value is -1.39. The molecular weight excluding hydrogens is 326 g/mol. The molecule has 1 saturated carbocycles. The molecule has 1 heterocycles. The number of carbonyl (C=O) groups is 1. The standard InChI is InChI=1S/C22H33NO3/c1-17-13-18(2)15-22(14-17)23-21(16-26-22,11-12-25-19(3)24)10-9-20-7-5-4-6-8-20/h4-8,17-18,23H,9-16H2,1-3H3/t17-,18+,21?,22?. The Morgan fingerprint density at radius 2 is 1.88 bits per heavy atom. The van der Waals surface area contributed by atoms with Crippen molar-refractivity contribution in [2.24, 2.45) is 11.8 Å². The average molecular weight is 360 g/mol. The molecule has 0 radical (unpaired) electrons. The van der Waals surface area contributed by atoms with Gasteiger partial charge in [-0.05, 0) is 49.5 Å². The smallest absolute Gasteiger partial charge is 0.302 e. The first kappa shape index (κ1) is 19.4. The predicted octanol–water partition coefficient (Wildman–Crippen LogP) is 4.08. The van der Waals surface area contributed by atoms with Crippen molar-refractivity contribution in [1.29, 1.82) is 0 Å². The van der Waals surface area contributed by atoms with Crippen molar-refractivity contribution in [2.75, 3.05) is 13.2 Å². The van der Waals surface area contributed by atoms with Gasteiger partial charge in [0.05, 0.1) is 13.2 Å². The van der Waals surface area contributed by atoms with Crippen molar-refractivity contribution in [2.45, 2.75) is 70.6 Å². The van der Waals surface area contributed by atoms with Gasteiger partial charge in [-0.2, -0.15) is 0 Å². The molecule has 4 atom stereocenters. The van der Waals surface area contributed by atoms with E-state index in [2.05, 4.69) is 49.5 Å². The van der Waals surface area contributed by atoms with E-state index in [0.29, 0.717) is 25.0 Å². The Morgan fingerprint density at radius 1 is 1.19 bits per heavy atom. The maximum absolute atomic E-state index is 11.2. The van der Waals surface area contributed by atoms with Crippen LogP contribution in [0.15, 0.2) is 30.3 Å². The van der Waals surface area contributed by atoms with Gasteiger partial charge in [-0.1, -0.05) is 44.2 Å². The molecule has 1 aromatic rings. The van der Waals surface area contributed by atoms with Gasteiger partial charge in [-0.25, -0.2) is 0 Å². The molecule has 2 aliphatic rings. The molecule has 144 valence electrons. The molecule has 1 N–H and O–H groups in total. The Labute approximate surface area is 157 Å². The van der Waals surface area contributed by atoms with Crippen LogP contribution in [0.4, 0.5) is 0 Å². The minimum Gasteiger partial charge on any atom is -0.466 e. The van der Waals surface area contributed by atoms with Crippen LogP contribution in [0, 0.1) is 11.8 Å². The highest BCUT2D eigenvalue weighted by atomic mass is 16.5. The van der Waals surface area contributed by atoms with E-state index in [4.69, 9.17) is 9.47 Å². The van der Waals surface area contributed by atoms with Crippen molar-refractivity contribution in [3.63, 3.8) is 0 Å². The second kappa shape index (κ2) is 8.10. The fourth-order valence-corrected chi connectivity index (χ4v) is 4.93. The monoisotopic (exact) mass is 359 g/mol. The van der Waals surface area contributed by atoms with Crippen LogP contribution in [0.3, 0.4) is 0 Å². The lowest BCUT2D eigenvalue weighted by Gasteiger charge is -2.41. The van der Waals surface area contributed by atoms with Crippen LogP contribution in [-0.2, 0) is 20.7 Å². The van der Waals surface area contributed by atoms with E-state index in [0.717, 1.165) is 32.1 Å². The molecule has 26 heavy (non-hydrogen) atoms. The summed E-state index contributed by atoms with van der Waals surface area (Å²) < 4.78 is 11.7. The van der Waals surface area contributed by atoms with Crippen LogP contribution < -0.4 is 5.32 Å². The van der Waals surface area contributed by atoms with Crippen LogP contribution >= 0.6 is 0 Å². The second-order valence-corrected chi connectivity index (χ2v) is 8.62. The maximum atomic E-state index is 11.2. The molecule has 1 aliphatic heterocycles. The number of hydrogen-bond acceptors (Lipinski definition) is 4. The van der Waals surface area contributed by atoms with Crippen molar-refractivity contribution in [3.05, 3.63) is 35.9 Å². The van der Waals surface area contributed by atoms with E-state index >= 15 is 0 Å². The molecule has 2 fully saturated rings. The van der Waals surface area contributed by atoms with Crippen molar-refractivity contribution < 1.29 is 14.3 Å². The minimum absolute atomic E-state index is 0.123. The second-order valence-electron chi connectivity index (χ2n) is 8.62. The number of carbonyl (C=O) groups excluding carboxylic acids is 1. The van der Waals surface area contributed by atoms with Gasteiger partial charge in [0.15, 0.2) is 0 Å². The largest absolute Gasteiger partial charge is 0.466 e. The van der Waals surface area contributed by atoms with Crippen molar-refractivity contribution in [3.8, 4) is 0 Å². The lowest BCUT2D eigenvalue weighted by molar-refractivity contribution is -0.141. The zero-order valence-corrected chi connectivity index (χ0v) is 16.4. The van der Waals surface area contributed by atoms with Crippen molar-refractivity contribution in [1.82, 2.24) is 5.32 Å².